The van der Waals surface area contributed by atoms with Gasteiger partial charge in [-0.1, -0.05) is 12.8 Å². The lowest BCUT2D eigenvalue weighted by molar-refractivity contribution is -0.163. The molecule has 1 N–H and O–H groups in total. The Balaban J connectivity index is 2.05. The molecule has 2 atom stereocenters. The normalized spacial score (nSPS) is 34.5. The summed E-state index contributed by atoms with van der Waals surface area (Å²) in [5.41, 5.74) is -0.392. The summed E-state index contributed by atoms with van der Waals surface area (Å²) in [7, 11) is 1.74. The SMILES string of the molecule is COC1CCCC(C2(C(=O)O)CCC2)C1. The third kappa shape index (κ3) is 1.78. The minimum atomic E-state index is -0.574. The zero-order valence-corrected chi connectivity index (χ0v) is 9.37. The molecule has 0 aromatic rings. The molecule has 0 spiro atoms. The molecular formula is C12H20O3. The van der Waals surface area contributed by atoms with Crippen molar-refractivity contribution >= 4 is 5.97 Å². The first kappa shape index (κ1) is 10.9. The molecule has 3 nitrogen and oxygen atoms in total. The van der Waals surface area contributed by atoms with Crippen LogP contribution in [-0.4, -0.2) is 24.3 Å². The van der Waals surface area contributed by atoms with Crippen molar-refractivity contribution in [3.63, 3.8) is 0 Å². The van der Waals surface area contributed by atoms with E-state index in [4.69, 9.17) is 4.74 Å². The first-order valence-electron chi connectivity index (χ1n) is 5.95. The molecule has 15 heavy (non-hydrogen) atoms. The maximum Gasteiger partial charge on any atom is 0.309 e. The van der Waals surface area contributed by atoms with Crippen molar-refractivity contribution in [2.45, 2.75) is 51.0 Å². The van der Waals surface area contributed by atoms with Crippen LogP contribution >= 0.6 is 0 Å². The van der Waals surface area contributed by atoms with Gasteiger partial charge in [0.05, 0.1) is 11.5 Å². The second-order valence-electron chi connectivity index (χ2n) is 5.04. The second kappa shape index (κ2) is 4.12. The smallest absolute Gasteiger partial charge is 0.309 e. The van der Waals surface area contributed by atoms with E-state index in [9.17, 15) is 9.90 Å². The number of rotatable bonds is 3. The van der Waals surface area contributed by atoms with Gasteiger partial charge in [-0.05, 0) is 38.0 Å². The Morgan fingerprint density at radius 2 is 2.07 bits per heavy atom. The van der Waals surface area contributed by atoms with Crippen LogP contribution in [-0.2, 0) is 9.53 Å². The van der Waals surface area contributed by atoms with Gasteiger partial charge in [0.1, 0.15) is 0 Å². The van der Waals surface area contributed by atoms with Crippen molar-refractivity contribution in [2.24, 2.45) is 11.3 Å². The van der Waals surface area contributed by atoms with Gasteiger partial charge in [-0.2, -0.15) is 0 Å². The summed E-state index contributed by atoms with van der Waals surface area (Å²) in [5.74, 6) is -0.224. The zero-order valence-electron chi connectivity index (χ0n) is 9.37. The third-order valence-electron chi connectivity index (χ3n) is 4.41. The van der Waals surface area contributed by atoms with Crippen molar-refractivity contribution in [1.82, 2.24) is 0 Å². The summed E-state index contributed by atoms with van der Waals surface area (Å²) in [5, 5.41) is 9.35. The van der Waals surface area contributed by atoms with Crippen molar-refractivity contribution in [3.8, 4) is 0 Å². The number of carboxylic acid groups (broad SMARTS) is 1. The minimum Gasteiger partial charge on any atom is -0.481 e. The number of ether oxygens (including phenoxy) is 1. The van der Waals surface area contributed by atoms with Crippen LogP contribution in [0.5, 0.6) is 0 Å². The molecule has 0 saturated heterocycles. The third-order valence-corrected chi connectivity index (χ3v) is 4.41. The highest BCUT2D eigenvalue weighted by molar-refractivity contribution is 5.76. The number of hydrogen-bond acceptors (Lipinski definition) is 2. The molecule has 0 aromatic heterocycles. The predicted molar refractivity (Wildman–Crippen MR) is 56.7 cm³/mol. The van der Waals surface area contributed by atoms with Gasteiger partial charge >= 0.3 is 5.97 Å². The van der Waals surface area contributed by atoms with Crippen molar-refractivity contribution < 1.29 is 14.6 Å². The standard InChI is InChI=1S/C12H20O3/c1-15-10-5-2-4-9(8-10)12(11(13)14)6-3-7-12/h9-10H,2-8H2,1H3,(H,13,14). The molecule has 0 aromatic carbocycles. The molecule has 2 aliphatic rings. The largest absolute Gasteiger partial charge is 0.481 e. The summed E-state index contributed by atoms with van der Waals surface area (Å²) < 4.78 is 5.37. The van der Waals surface area contributed by atoms with Gasteiger partial charge in [-0.15, -0.1) is 0 Å². The molecule has 2 aliphatic carbocycles. The lowest BCUT2D eigenvalue weighted by Crippen LogP contribution is -2.47. The van der Waals surface area contributed by atoms with Crippen LogP contribution in [0.2, 0.25) is 0 Å². The molecule has 0 radical (unpaired) electrons. The van der Waals surface area contributed by atoms with E-state index >= 15 is 0 Å². The average Bonchev–Trinajstić information content (AvgIpc) is 2.16. The van der Waals surface area contributed by atoms with Crippen LogP contribution in [0, 0.1) is 11.3 Å². The molecule has 3 heteroatoms. The fourth-order valence-electron chi connectivity index (χ4n) is 3.22. The Morgan fingerprint density at radius 1 is 1.33 bits per heavy atom. The van der Waals surface area contributed by atoms with Crippen molar-refractivity contribution in [1.29, 1.82) is 0 Å². The number of aliphatic carboxylic acids is 1. The maximum absolute atomic E-state index is 11.4. The topological polar surface area (TPSA) is 46.5 Å². The van der Waals surface area contributed by atoms with Gasteiger partial charge < -0.3 is 9.84 Å². The van der Waals surface area contributed by atoms with E-state index in [-0.39, 0.29) is 0 Å². The first-order valence-corrected chi connectivity index (χ1v) is 5.95. The molecule has 2 saturated carbocycles. The molecule has 86 valence electrons. The van der Waals surface area contributed by atoms with E-state index in [1.165, 1.54) is 0 Å². The fourth-order valence-corrected chi connectivity index (χ4v) is 3.22. The summed E-state index contributed by atoms with van der Waals surface area (Å²) in [4.78, 5) is 11.4. The Morgan fingerprint density at radius 3 is 2.53 bits per heavy atom. The molecule has 0 bridgehead atoms. The molecule has 0 heterocycles. The Bertz CT molecular complexity index is 245. The van der Waals surface area contributed by atoms with Crippen LogP contribution in [0.4, 0.5) is 0 Å². The zero-order chi connectivity index (χ0) is 10.9. The number of hydrogen-bond donors (Lipinski definition) is 1. The lowest BCUT2D eigenvalue weighted by atomic mass is 9.57. The maximum atomic E-state index is 11.4. The van der Waals surface area contributed by atoms with Gasteiger partial charge in [0.15, 0.2) is 0 Å². The van der Waals surface area contributed by atoms with E-state index in [1.54, 1.807) is 7.11 Å². The summed E-state index contributed by atoms with van der Waals surface area (Å²) in [6.07, 6.45) is 7.38. The minimum absolute atomic E-state index is 0.292. The summed E-state index contributed by atoms with van der Waals surface area (Å²) in [6, 6.07) is 0. The number of carbonyl (C=O) groups is 1. The number of carboxylic acids is 1. The Labute approximate surface area is 90.8 Å². The van der Waals surface area contributed by atoms with E-state index in [0.717, 1.165) is 44.9 Å². The molecule has 0 amide bonds. The van der Waals surface area contributed by atoms with E-state index in [1.807, 2.05) is 0 Å². The second-order valence-corrected chi connectivity index (χ2v) is 5.04. The predicted octanol–water partition coefficient (Wildman–Crippen LogP) is 2.45. The Kier molecular flexibility index (Phi) is 3.01. The van der Waals surface area contributed by atoms with Crippen molar-refractivity contribution in [2.75, 3.05) is 7.11 Å². The van der Waals surface area contributed by atoms with Gasteiger partial charge in [0, 0.05) is 7.11 Å². The molecule has 2 rings (SSSR count). The Hall–Kier alpha value is -0.570. The molecule has 0 aliphatic heterocycles. The van der Waals surface area contributed by atoms with Crippen LogP contribution < -0.4 is 0 Å². The molecular weight excluding hydrogens is 192 g/mol. The highest BCUT2D eigenvalue weighted by Crippen LogP contribution is 2.52. The van der Waals surface area contributed by atoms with Gasteiger partial charge in [0.2, 0.25) is 0 Å². The first-order chi connectivity index (χ1) is 7.19. The van der Waals surface area contributed by atoms with E-state index in [2.05, 4.69) is 0 Å². The monoisotopic (exact) mass is 212 g/mol. The van der Waals surface area contributed by atoms with Gasteiger partial charge in [-0.3, -0.25) is 4.79 Å². The van der Waals surface area contributed by atoms with Gasteiger partial charge in [0.25, 0.3) is 0 Å². The highest BCUT2D eigenvalue weighted by atomic mass is 16.5. The van der Waals surface area contributed by atoms with E-state index in [0.29, 0.717) is 12.0 Å². The van der Waals surface area contributed by atoms with E-state index < -0.39 is 11.4 Å². The quantitative estimate of drug-likeness (QED) is 0.781. The van der Waals surface area contributed by atoms with Crippen LogP contribution in [0.3, 0.4) is 0 Å². The number of methoxy groups -OCH3 is 1. The summed E-state index contributed by atoms with van der Waals surface area (Å²) in [6.45, 7) is 0. The molecule has 2 unspecified atom stereocenters. The molecule has 2 fully saturated rings. The average molecular weight is 212 g/mol. The van der Waals surface area contributed by atoms with Crippen LogP contribution in [0.15, 0.2) is 0 Å². The van der Waals surface area contributed by atoms with Gasteiger partial charge in [-0.25, -0.2) is 0 Å². The summed E-state index contributed by atoms with van der Waals surface area (Å²) >= 11 is 0. The fraction of sp³-hybridized carbons (Fsp3) is 0.917. The highest BCUT2D eigenvalue weighted by Gasteiger charge is 2.51. The van der Waals surface area contributed by atoms with Crippen molar-refractivity contribution in [3.05, 3.63) is 0 Å². The lowest BCUT2D eigenvalue weighted by Gasteiger charge is -2.47. The van der Waals surface area contributed by atoms with Crippen LogP contribution in [0.25, 0.3) is 0 Å². The van der Waals surface area contributed by atoms with Crippen LogP contribution in [0.1, 0.15) is 44.9 Å².